The van der Waals surface area contributed by atoms with Crippen molar-refractivity contribution >= 4 is 11.2 Å². The molecule has 21 heavy (non-hydrogen) atoms. The molecule has 104 valence electrons. The van der Waals surface area contributed by atoms with Crippen molar-refractivity contribution in [1.82, 2.24) is 19.5 Å². The van der Waals surface area contributed by atoms with Gasteiger partial charge in [-0.3, -0.25) is 0 Å². The highest BCUT2D eigenvalue weighted by Gasteiger charge is 2.16. The number of hydrogen-bond donors (Lipinski definition) is 0. The van der Waals surface area contributed by atoms with Crippen molar-refractivity contribution < 1.29 is 0 Å². The van der Waals surface area contributed by atoms with Crippen LogP contribution in [-0.4, -0.2) is 19.5 Å². The zero-order valence-electron chi connectivity index (χ0n) is 12.2. The molecule has 5 heteroatoms. The lowest BCUT2D eigenvalue weighted by Crippen LogP contribution is -1.97. The molecular formula is C16H15N5. The molecule has 3 aromatic rings. The number of benzene rings is 1. The van der Waals surface area contributed by atoms with Gasteiger partial charge in [0, 0.05) is 12.6 Å². The van der Waals surface area contributed by atoms with Gasteiger partial charge in [-0.15, -0.1) is 0 Å². The predicted molar refractivity (Wildman–Crippen MR) is 80.5 cm³/mol. The van der Waals surface area contributed by atoms with Crippen molar-refractivity contribution in [2.75, 3.05) is 0 Å². The largest absolute Gasteiger partial charge is 0.312 e. The van der Waals surface area contributed by atoms with Crippen LogP contribution in [0.5, 0.6) is 0 Å². The van der Waals surface area contributed by atoms with Gasteiger partial charge >= 0.3 is 0 Å². The molecule has 5 nitrogen and oxygen atoms in total. The Balaban J connectivity index is 2.27. The van der Waals surface area contributed by atoms with Gasteiger partial charge in [0.1, 0.15) is 17.7 Å². The maximum absolute atomic E-state index is 9.04. The first-order chi connectivity index (χ1) is 10.1. The fourth-order valence-electron chi connectivity index (χ4n) is 2.43. The minimum absolute atomic E-state index is 0.281. The van der Waals surface area contributed by atoms with Gasteiger partial charge in [-0.2, -0.15) is 5.26 Å². The van der Waals surface area contributed by atoms with E-state index in [1.807, 2.05) is 29.8 Å². The van der Waals surface area contributed by atoms with Crippen molar-refractivity contribution in [3.05, 3.63) is 41.9 Å². The molecule has 2 heterocycles. The molecule has 3 rings (SSSR count). The van der Waals surface area contributed by atoms with Gasteiger partial charge in [0.2, 0.25) is 0 Å². The molecule has 0 saturated heterocycles. The third-order valence-electron chi connectivity index (χ3n) is 3.48. The molecule has 2 aromatic heterocycles. The molecule has 0 aliphatic carbocycles. The highest BCUT2D eigenvalue weighted by molar-refractivity contribution is 5.79. The Morgan fingerprint density at radius 2 is 2.05 bits per heavy atom. The number of imidazole rings is 1. The van der Waals surface area contributed by atoms with Crippen LogP contribution in [0.15, 0.2) is 30.6 Å². The summed E-state index contributed by atoms with van der Waals surface area (Å²) in [4.78, 5) is 13.4. The molecule has 0 N–H and O–H groups in total. The van der Waals surface area contributed by atoms with Crippen molar-refractivity contribution in [3.63, 3.8) is 0 Å². The van der Waals surface area contributed by atoms with Crippen LogP contribution in [0.3, 0.4) is 0 Å². The lowest BCUT2D eigenvalue weighted by atomic mass is 10.1. The second-order valence-electron chi connectivity index (χ2n) is 5.27. The van der Waals surface area contributed by atoms with E-state index in [1.165, 1.54) is 0 Å². The summed E-state index contributed by atoms with van der Waals surface area (Å²) in [6, 6.07) is 9.59. The van der Waals surface area contributed by atoms with Gasteiger partial charge in [-0.25, -0.2) is 15.0 Å². The molecule has 0 amide bonds. The summed E-state index contributed by atoms with van der Waals surface area (Å²) in [5.74, 6) is 1.08. The van der Waals surface area contributed by atoms with Crippen LogP contribution < -0.4 is 0 Å². The standard InChI is InChI=1S/C16H15N5/c1-10(2)13-14-16(19-9-18-13)21(3)15(20-14)12-6-4-5-11(7-12)8-17/h4-7,9-10H,1-3H3. The SMILES string of the molecule is CC(C)c1ncnc2c1nc(-c1cccc(C#N)c1)n2C. The van der Waals surface area contributed by atoms with Crippen molar-refractivity contribution in [3.8, 4) is 17.5 Å². The lowest BCUT2D eigenvalue weighted by molar-refractivity contribution is 0.824. The number of rotatable bonds is 2. The minimum Gasteiger partial charge on any atom is -0.312 e. The molecule has 0 aliphatic heterocycles. The summed E-state index contributed by atoms with van der Waals surface area (Å²) >= 11 is 0. The van der Waals surface area contributed by atoms with Gasteiger partial charge in [0.15, 0.2) is 5.65 Å². The fraction of sp³-hybridized carbons (Fsp3) is 0.250. The molecule has 0 atom stereocenters. The Labute approximate surface area is 122 Å². The number of nitriles is 1. The van der Waals surface area contributed by atoms with Crippen LogP contribution in [0.2, 0.25) is 0 Å². The van der Waals surface area contributed by atoms with E-state index in [0.717, 1.165) is 28.2 Å². The van der Waals surface area contributed by atoms with Crippen LogP contribution in [0.1, 0.15) is 31.0 Å². The first-order valence-corrected chi connectivity index (χ1v) is 6.79. The minimum atomic E-state index is 0.281. The molecular weight excluding hydrogens is 262 g/mol. The van der Waals surface area contributed by atoms with Crippen LogP contribution in [0, 0.1) is 11.3 Å². The van der Waals surface area contributed by atoms with Gasteiger partial charge in [-0.1, -0.05) is 26.0 Å². The number of nitrogens with zero attached hydrogens (tertiary/aromatic N) is 5. The average Bonchev–Trinajstić information content (AvgIpc) is 2.84. The lowest BCUT2D eigenvalue weighted by Gasteiger charge is -2.03. The van der Waals surface area contributed by atoms with Crippen molar-refractivity contribution in [2.24, 2.45) is 7.05 Å². The smallest absolute Gasteiger partial charge is 0.163 e. The van der Waals surface area contributed by atoms with E-state index in [0.29, 0.717) is 5.56 Å². The normalized spacial score (nSPS) is 11.0. The summed E-state index contributed by atoms with van der Waals surface area (Å²) < 4.78 is 1.94. The molecule has 0 fully saturated rings. The van der Waals surface area contributed by atoms with E-state index in [1.54, 1.807) is 12.4 Å². The van der Waals surface area contributed by atoms with Crippen LogP contribution in [-0.2, 0) is 7.05 Å². The Hall–Kier alpha value is -2.74. The number of hydrogen-bond acceptors (Lipinski definition) is 4. The summed E-state index contributed by atoms with van der Waals surface area (Å²) in [5, 5.41) is 9.04. The number of aromatic nitrogens is 4. The summed E-state index contributed by atoms with van der Waals surface area (Å²) in [7, 11) is 1.93. The molecule has 0 aliphatic rings. The fourth-order valence-corrected chi connectivity index (χ4v) is 2.43. The maximum Gasteiger partial charge on any atom is 0.163 e. The molecule has 0 saturated carbocycles. The van der Waals surface area contributed by atoms with Crippen molar-refractivity contribution in [1.29, 1.82) is 5.26 Å². The quantitative estimate of drug-likeness (QED) is 0.722. The second kappa shape index (κ2) is 4.98. The van der Waals surface area contributed by atoms with Crippen molar-refractivity contribution in [2.45, 2.75) is 19.8 Å². The van der Waals surface area contributed by atoms with E-state index < -0.39 is 0 Å². The Kier molecular flexibility index (Phi) is 3.15. The summed E-state index contributed by atoms with van der Waals surface area (Å²) in [6.07, 6.45) is 1.58. The van der Waals surface area contributed by atoms with Gasteiger partial charge < -0.3 is 4.57 Å². The van der Waals surface area contributed by atoms with Gasteiger partial charge in [0.05, 0.1) is 17.3 Å². The van der Waals surface area contributed by atoms with Gasteiger partial charge in [0.25, 0.3) is 0 Å². The van der Waals surface area contributed by atoms with E-state index in [9.17, 15) is 0 Å². The third-order valence-corrected chi connectivity index (χ3v) is 3.48. The van der Waals surface area contributed by atoms with E-state index in [2.05, 4.69) is 29.9 Å². The summed E-state index contributed by atoms with van der Waals surface area (Å²) in [6.45, 7) is 4.18. The number of aryl methyl sites for hydroxylation is 1. The monoisotopic (exact) mass is 277 g/mol. The van der Waals surface area contributed by atoms with E-state index in [4.69, 9.17) is 10.2 Å². The zero-order chi connectivity index (χ0) is 15.0. The van der Waals surface area contributed by atoms with E-state index >= 15 is 0 Å². The Morgan fingerprint density at radius 1 is 1.24 bits per heavy atom. The zero-order valence-corrected chi connectivity index (χ0v) is 12.2. The van der Waals surface area contributed by atoms with Gasteiger partial charge in [-0.05, 0) is 18.1 Å². The Morgan fingerprint density at radius 3 is 2.76 bits per heavy atom. The molecule has 0 unspecified atom stereocenters. The van der Waals surface area contributed by atoms with E-state index in [-0.39, 0.29) is 5.92 Å². The average molecular weight is 277 g/mol. The maximum atomic E-state index is 9.04. The Bertz CT molecular complexity index is 855. The molecule has 1 aromatic carbocycles. The predicted octanol–water partition coefficient (Wildman–Crippen LogP) is 3.03. The first kappa shape index (κ1) is 13.3. The highest BCUT2D eigenvalue weighted by Crippen LogP contribution is 2.26. The second-order valence-corrected chi connectivity index (χ2v) is 5.27. The van der Waals surface area contributed by atoms with Crippen LogP contribution in [0.4, 0.5) is 0 Å². The highest BCUT2D eigenvalue weighted by atomic mass is 15.1. The summed E-state index contributed by atoms with van der Waals surface area (Å²) in [5.41, 5.74) is 4.11. The molecule has 0 spiro atoms. The van der Waals surface area contributed by atoms with Crippen LogP contribution in [0.25, 0.3) is 22.6 Å². The third kappa shape index (κ3) is 2.15. The molecule has 0 radical (unpaired) electrons. The van der Waals surface area contributed by atoms with Crippen LogP contribution >= 0.6 is 0 Å². The topological polar surface area (TPSA) is 67.4 Å². The first-order valence-electron chi connectivity index (χ1n) is 6.79. The molecule has 0 bridgehead atoms. The number of fused-ring (bicyclic) bond motifs is 1.